The van der Waals surface area contributed by atoms with Crippen molar-refractivity contribution in [2.24, 2.45) is 5.92 Å². The minimum atomic E-state index is 0.178. The van der Waals surface area contributed by atoms with Crippen molar-refractivity contribution in [2.45, 2.75) is 51.2 Å². The molecule has 2 fully saturated rings. The smallest absolute Gasteiger partial charge is 0.220 e. The van der Waals surface area contributed by atoms with E-state index >= 15 is 0 Å². The fourth-order valence-electron chi connectivity index (χ4n) is 4.41. The summed E-state index contributed by atoms with van der Waals surface area (Å²) in [4.78, 5) is 18.9. The van der Waals surface area contributed by atoms with E-state index < -0.39 is 0 Å². The molecule has 6 nitrogen and oxygen atoms in total. The van der Waals surface area contributed by atoms with E-state index in [0.717, 1.165) is 51.2 Å². The number of aromatic nitrogens is 2. The zero-order valence-corrected chi connectivity index (χ0v) is 17.1. The second kappa shape index (κ2) is 10.0. The number of likely N-dealkylation sites (tertiary alicyclic amines) is 1. The molecule has 29 heavy (non-hydrogen) atoms. The molecule has 6 heteroatoms. The van der Waals surface area contributed by atoms with Crippen LogP contribution in [0.4, 0.5) is 0 Å². The molecule has 1 unspecified atom stereocenters. The van der Waals surface area contributed by atoms with Gasteiger partial charge in [-0.2, -0.15) is 0 Å². The third kappa shape index (κ3) is 5.67. The van der Waals surface area contributed by atoms with Gasteiger partial charge in [-0.15, -0.1) is 0 Å². The highest BCUT2D eigenvalue weighted by molar-refractivity contribution is 5.75. The van der Waals surface area contributed by atoms with Crippen LogP contribution in [0, 0.1) is 5.92 Å². The molecule has 0 bridgehead atoms. The van der Waals surface area contributed by atoms with E-state index in [-0.39, 0.29) is 12.0 Å². The minimum Gasteiger partial charge on any atom is -0.376 e. The van der Waals surface area contributed by atoms with E-state index in [4.69, 9.17) is 4.74 Å². The lowest BCUT2D eigenvalue weighted by Gasteiger charge is -2.32. The van der Waals surface area contributed by atoms with Crippen LogP contribution in [0.25, 0.3) is 5.69 Å². The molecule has 2 aliphatic heterocycles. The number of rotatable bonds is 8. The number of hydrogen-bond donors (Lipinski definition) is 1. The van der Waals surface area contributed by atoms with Crippen LogP contribution in [-0.4, -0.2) is 52.7 Å². The fraction of sp³-hybridized carbons (Fsp3) is 0.565. The van der Waals surface area contributed by atoms with Crippen molar-refractivity contribution in [3.05, 3.63) is 48.5 Å². The van der Waals surface area contributed by atoms with Gasteiger partial charge in [0.25, 0.3) is 0 Å². The van der Waals surface area contributed by atoms with Gasteiger partial charge in [0.1, 0.15) is 0 Å². The average molecular weight is 397 g/mol. The number of piperidine rings is 1. The normalized spacial score (nSPS) is 20.8. The van der Waals surface area contributed by atoms with Crippen LogP contribution in [0.2, 0.25) is 0 Å². The molecule has 0 spiro atoms. The van der Waals surface area contributed by atoms with Gasteiger partial charge in [-0.3, -0.25) is 14.7 Å². The molecule has 1 atom stereocenters. The third-order valence-corrected chi connectivity index (χ3v) is 6.18. The molecule has 0 saturated carbocycles. The van der Waals surface area contributed by atoms with Crippen LogP contribution in [0.15, 0.2) is 42.9 Å². The largest absolute Gasteiger partial charge is 0.376 e. The number of amides is 1. The van der Waals surface area contributed by atoms with Crippen molar-refractivity contribution in [3.8, 4) is 5.69 Å². The van der Waals surface area contributed by atoms with Gasteiger partial charge in [0, 0.05) is 44.2 Å². The van der Waals surface area contributed by atoms with E-state index in [2.05, 4.69) is 44.2 Å². The van der Waals surface area contributed by atoms with Crippen molar-refractivity contribution < 1.29 is 9.53 Å². The summed E-state index contributed by atoms with van der Waals surface area (Å²) in [6.07, 6.45) is 12.2. The van der Waals surface area contributed by atoms with Gasteiger partial charge in [0.2, 0.25) is 5.91 Å². The lowest BCUT2D eigenvalue weighted by atomic mass is 9.92. The van der Waals surface area contributed by atoms with Crippen molar-refractivity contribution >= 4 is 5.91 Å². The monoisotopic (exact) mass is 396 g/mol. The Labute approximate surface area is 173 Å². The quantitative estimate of drug-likeness (QED) is 0.745. The minimum absolute atomic E-state index is 0.178. The molecule has 2 aliphatic rings. The molecule has 1 amide bonds. The van der Waals surface area contributed by atoms with Crippen molar-refractivity contribution in [2.75, 3.05) is 26.2 Å². The highest BCUT2D eigenvalue weighted by Crippen LogP contribution is 2.24. The van der Waals surface area contributed by atoms with Gasteiger partial charge in [0.05, 0.1) is 18.0 Å². The fourth-order valence-corrected chi connectivity index (χ4v) is 4.41. The molecule has 4 rings (SSSR count). The maximum absolute atomic E-state index is 12.1. The Morgan fingerprint density at radius 2 is 2.10 bits per heavy atom. The highest BCUT2D eigenvalue weighted by Gasteiger charge is 2.21. The lowest BCUT2D eigenvalue weighted by molar-refractivity contribution is -0.122. The Kier molecular flexibility index (Phi) is 6.96. The summed E-state index contributed by atoms with van der Waals surface area (Å²) in [6.45, 7) is 4.66. The third-order valence-electron chi connectivity index (χ3n) is 6.18. The second-order valence-corrected chi connectivity index (χ2v) is 8.28. The summed E-state index contributed by atoms with van der Waals surface area (Å²) in [6, 6.07) is 8.36. The SMILES string of the molecule is O=C(CCC1CCN(Cc2cccn2-c2cccnc2)CC1)NCC1CCCO1. The van der Waals surface area contributed by atoms with Crippen LogP contribution in [0.3, 0.4) is 0 Å². The van der Waals surface area contributed by atoms with Gasteiger partial charge in [-0.05, 0) is 75.4 Å². The van der Waals surface area contributed by atoms with Crippen LogP contribution < -0.4 is 5.32 Å². The zero-order valence-electron chi connectivity index (χ0n) is 17.1. The number of ether oxygens (including phenoxy) is 1. The molecular formula is C23H32N4O2. The molecule has 0 aliphatic carbocycles. The van der Waals surface area contributed by atoms with Gasteiger partial charge in [0.15, 0.2) is 0 Å². The number of nitrogens with zero attached hydrogens (tertiary/aromatic N) is 3. The molecule has 4 heterocycles. The zero-order chi connectivity index (χ0) is 19.9. The Bertz CT molecular complexity index is 762. The maximum Gasteiger partial charge on any atom is 0.220 e. The topological polar surface area (TPSA) is 59.4 Å². The van der Waals surface area contributed by atoms with E-state index in [1.54, 1.807) is 6.20 Å². The van der Waals surface area contributed by atoms with Crippen LogP contribution >= 0.6 is 0 Å². The first-order valence-electron chi connectivity index (χ1n) is 11.0. The first-order chi connectivity index (χ1) is 14.3. The van der Waals surface area contributed by atoms with Gasteiger partial charge in [-0.25, -0.2) is 0 Å². The number of hydrogen-bond acceptors (Lipinski definition) is 4. The van der Waals surface area contributed by atoms with Crippen LogP contribution in [0.5, 0.6) is 0 Å². The molecule has 2 aromatic heterocycles. The van der Waals surface area contributed by atoms with Crippen LogP contribution in [-0.2, 0) is 16.1 Å². The number of pyridine rings is 1. The molecule has 2 saturated heterocycles. The summed E-state index contributed by atoms with van der Waals surface area (Å²) < 4.78 is 7.78. The van der Waals surface area contributed by atoms with Gasteiger partial charge < -0.3 is 14.6 Å². The molecule has 0 radical (unpaired) electrons. The second-order valence-electron chi connectivity index (χ2n) is 8.28. The molecule has 156 valence electrons. The Hall–Kier alpha value is -2.18. The van der Waals surface area contributed by atoms with E-state index in [0.29, 0.717) is 18.9 Å². The maximum atomic E-state index is 12.1. The average Bonchev–Trinajstić information content (AvgIpc) is 3.44. The molecule has 2 aromatic rings. The first kappa shape index (κ1) is 20.1. The lowest BCUT2D eigenvalue weighted by Crippen LogP contribution is -2.35. The van der Waals surface area contributed by atoms with E-state index in [9.17, 15) is 4.79 Å². The standard InChI is InChI=1S/C23H32N4O2/c28-23(25-17-22-6-3-15-29-22)8-7-19-9-13-26(14-10-19)18-21-5-2-12-27(21)20-4-1-11-24-16-20/h1-2,4-5,11-12,16,19,22H,3,6-10,13-15,17-18H2,(H,25,28). The molecule has 0 aromatic carbocycles. The van der Waals surface area contributed by atoms with Crippen molar-refractivity contribution in [1.82, 2.24) is 19.8 Å². The van der Waals surface area contributed by atoms with E-state index in [1.165, 1.54) is 18.5 Å². The van der Waals surface area contributed by atoms with Crippen molar-refractivity contribution in [3.63, 3.8) is 0 Å². The number of carbonyl (C=O) groups is 1. The van der Waals surface area contributed by atoms with Crippen molar-refractivity contribution in [1.29, 1.82) is 0 Å². The molecular weight excluding hydrogens is 364 g/mol. The van der Waals surface area contributed by atoms with Gasteiger partial charge in [-0.1, -0.05) is 0 Å². The Balaban J connectivity index is 1.17. The summed E-state index contributed by atoms with van der Waals surface area (Å²) in [5.41, 5.74) is 2.40. The summed E-state index contributed by atoms with van der Waals surface area (Å²) in [5, 5.41) is 3.04. The number of nitrogens with one attached hydrogen (secondary N) is 1. The molecule has 1 N–H and O–H groups in total. The summed E-state index contributed by atoms with van der Waals surface area (Å²) in [7, 11) is 0. The highest BCUT2D eigenvalue weighted by atomic mass is 16.5. The summed E-state index contributed by atoms with van der Waals surface area (Å²) in [5.74, 6) is 0.835. The predicted molar refractivity (Wildman–Crippen MR) is 113 cm³/mol. The number of carbonyl (C=O) groups excluding carboxylic acids is 1. The Morgan fingerprint density at radius 1 is 1.21 bits per heavy atom. The Morgan fingerprint density at radius 3 is 2.86 bits per heavy atom. The first-order valence-corrected chi connectivity index (χ1v) is 11.0. The van der Waals surface area contributed by atoms with E-state index in [1.807, 2.05) is 12.3 Å². The van der Waals surface area contributed by atoms with Gasteiger partial charge >= 0.3 is 0 Å². The predicted octanol–water partition coefficient (Wildman–Crippen LogP) is 3.16. The van der Waals surface area contributed by atoms with Crippen LogP contribution in [0.1, 0.15) is 44.2 Å². The summed E-state index contributed by atoms with van der Waals surface area (Å²) >= 11 is 0.